The van der Waals surface area contributed by atoms with E-state index in [1.54, 1.807) is 0 Å². The predicted octanol–water partition coefficient (Wildman–Crippen LogP) is 13.0. The summed E-state index contributed by atoms with van der Waals surface area (Å²) in [6, 6.07) is 0. The Labute approximate surface area is 308 Å². The predicted molar refractivity (Wildman–Crippen MR) is 214 cm³/mol. The molecule has 0 rings (SSSR count). The molecule has 1 unspecified atom stereocenters. The molecule has 0 spiro atoms. The lowest BCUT2D eigenvalue weighted by molar-refractivity contribution is -0.161. The van der Waals surface area contributed by atoms with E-state index in [0.29, 0.717) is 12.8 Å². The van der Waals surface area contributed by atoms with Gasteiger partial charge in [-0.3, -0.25) is 9.59 Å². The highest BCUT2D eigenvalue weighted by atomic mass is 16.6. The molecule has 0 amide bonds. The summed E-state index contributed by atoms with van der Waals surface area (Å²) in [5, 5.41) is 9.55. The third-order valence-corrected chi connectivity index (χ3v) is 8.51. The molecule has 0 aliphatic carbocycles. The van der Waals surface area contributed by atoms with Gasteiger partial charge in [0.25, 0.3) is 0 Å². The zero-order chi connectivity index (χ0) is 36.4. The first kappa shape index (κ1) is 47.3. The summed E-state index contributed by atoms with van der Waals surface area (Å²) in [4.78, 5) is 24.2. The summed E-state index contributed by atoms with van der Waals surface area (Å²) in [7, 11) is 0. The molecule has 0 aliphatic heterocycles. The molecule has 0 fully saturated rings. The normalized spacial score (nSPS) is 12.9. The summed E-state index contributed by atoms with van der Waals surface area (Å²) in [5.74, 6) is -0.612. The molecule has 0 aromatic heterocycles. The van der Waals surface area contributed by atoms with Gasteiger partial charge < -0.3 is 14.6 Å². The third kappa shape index (κ3) is 38.1. The second-order valence-electron chi connectivity index (χ2n) is 13.3. The largest absolute Gasteiger partial charge is 0.462 e. The van der Waals surface area contributed by atoms with Gasteiger partial charge in [-0.25, -0.2) is 0 Å². The smallest absolute Gasteiger partial charge is 0.306 e. The summed E-state index contributed by atoms with van der Waals surface area (Å²) in [5.41, 5.74) is 0. The molecule has 50 heavy (non-hydrogen) atoms. The molecule has 1 atom stereocenters. The van der Waals surface area contributed by atoms with Crippen molar-refractivity contribution < 1.29 is 24.2 Å². The Morgan fingerprint density at radius 1 is 0.480 bits per heavy atom. The van der Waals surface area contributed by atoms with Gasteiger partial charge in [0.2, 0.25) is 0 Å². The van der Waals surface area contributed by atoms with Crippen LogP contribution in [-0.2, 0) is 19.1 Å². The molecule has 0 saturated carbocycles. The van der Waals surface area contributed by atoms with Crippen molar-refractivity contribution in [3.05, 3.63) is 72.9 Å². The molecule has 0 aromatic carbocycles. The van der Waals surface area contributed by atoms with Crippen LogP contribution in [0.2, 0.25) is 0 Å². The highest BCUT2D eigenvalue weighted by Gasteiger charge is 2.16. The van der Waals surface area contributed by atoms with E-state index < -0.39 is 6.10 Å². The summed E-state index contributed by atoms with van der Waals surface area (Å²) in [6.45, 7) is 3.99. The number of ether oxygens (including phenoxy) is 2. The van der Waals surface area contributed by atoms with Gasteiger partial charge in [0, 0.05) is 12.8 Å². The summed E-state index contributed by atoms with van der Waals surface area (Å²) in [6.07, 6.45) is 53.9. The highest BCUT2D eigenvalue weighted by Crippen LogP contribution is 2.13. The molecule has 5 nitrogen and oxygen atoms in total. The molecule has 1 N–H and O–H groups in total. The Bertz CT molecular complexity index is 926. The quantitative estimate of drug-likeness (QED) is 0.0401. The van der Waals surface area contributed by atoms with Gasteiger partial charge in [-0.1, -0.05) is 177 Å². The van der Waals surface area contributed by atoms with Crippen LogP contribution < -0.4 is 0 Å². The number of allylic oxidation sites excluding steroid dienone is 12. The van der Waals surface area contributed by atoms with Gasteiger partial charge in [-0.2, -0.15) is 0 Å². The van der Waals surface area contributed by atoms with E-state index in [9.17, 15) is 14.7 Å². The number of hydrogen-bond acceptors (Lipinski definition) is 5. The van der Waals surface area contributed by atoms with Crippen LogP contribution in [0.1, 0.15) is 181 Å². The first-order valence-electron chi connectivity index (χ1n) is 20.5. The molecule has 0 saturated heterocycles. The maximum Gasteiger partial charge on any atom is 0.306 e. The van der Waals surface area contributed by atoms with Crippen LogP contribution in [-0.4, -0.2) is 36.4 Å². The van der Waals surface area contributed by atoms with E-state index in [1.165, 1.54) is 70.6 Å². The van der Waals surface area contributed by atoms with Crippen molar-refractivity contribution in [2.45, 2.75) is 187 Å². The van der Waals surface area contributed by atoms with E-state index in [0.717, 1.165) is 83.5 Å². The van der Waals surface area contributed by atoms with Crippen LogP contribution in [0.3, 0.4) is 0 Å². The Hall–Kier alpha value is -2.66. The van der Waals surface area contributed by atoms with E-state index in [-0.39, 0.29) is 25.2 Å². The Balaban J connectivity index is 3.62. The first-order chi connectivity index (χ1) is 24.6. The van der Waals surface area contributed by atoms with Gasteiger partial charge in [-0.05, 0) is 64.2 Å². The molecule has 5 heteroatoms. The van der Waals surface area contributed by atoms with Gasteiger partial charge in [0.05, 0.1) is 6.61 Å². The van der Waals surface area contributed by atoms with Crippen molar-refractivity contribution in [2.75, 3.05) is 13.2 Å². The van der Waals surface area contributed by atoms with Crippen molar-refractivity contribution in [1.82, 2.24) is 0 Å². The molecule has 0 radical (unpaired) electrons. The lowest BCUT2D eigenvalue weighted by Crippen LogP contribution is -2.28. The number of aliphatic hydroxyl groups excluding tert-OH is 1. The average Bonchev–Trinajstić information content (AvgIpc) is 3.12. The molecular formula is C45H76O5. The maximum absolute atomic E-state index is 12.2. The van der Waals surface area contributed by atoms with Crippen LogP contribution >= 0.6 is 0 Å². The van der Waals surface area contributed by atoms with Crippen LogP contribution in [0, 0.1) is 0 Å². The van der Waals surface area contributed by atoms with Gasteiger partial charge >= 0.3 is 11.9 Å². The van der Waals surface area contributed by atoms with Crippen LogP contribution in [0.4, 0.5) is 0 Å². The number of hydrogen-bond donors (Lipinski definition) is 1. The maximum atomic E-state index is 12.2. The van der Waals surface area contributed by atoms with E-state index in [4.69, 9.17) is 9.47 Å². The fourth-order valence-corrected chi connectivity index (χ4v) is 5.44. The fraction of sp³-hybridized carbons (Fsp3) is 0.689. The van der Waals surface area contributed by atoms with E-state index in [2.05, 4.69) is 86.8 Å². The number of carbonyl (C=O) groups is 2. The average molecular weight is 697 g/mol. The van der Waals surface area contributed by atoms with Gasteiger partial charge in [0.1, 0.15) is 6.61 Å². The standard InChI is InChI=1S/C45H76O5/c1-3-5-7-9-11-13-15-16-17-18-19-20-21-22-23-24-25-26-27-28-30-32-34-36-38-40-45(48)50-43(41-46)42-49-44(47)39-37-35-33-31-29-14-12-10-8-6-4-2/h5,7,11,13,16-17,19-20,22-23,25-26,43,46H,3-4,6,8-10,12,14-15,18,21,24,27-42H2,1-2H3/b7-5-,13-11-,17-16-,20-19-,23-22-,26-25-. The fourth-order valence-electron chi connectivity index (χ4n) is 5.44. The zero-order valence-electron chi connectivity index (χ0n) is 32.4. The monoisotopic (exact) mass is 697 g/mol. The van der Waals surface area contributed by atoms with Crippen molar-refractivity contribution in [3.8, 4) is 0 Å². The van der Waals surface area contributed by atoms with E-state index >= 15 is 0 Å². The van der Waals surface area contributed by atoms with Crippen molar-refractivity contribution in [1.29, 1.82) is 0 Å². The molecule has 286 valence electrons. The van der Waals surface area contributed by atoms with Crippen LogP contribution in [0.15, 0.2) is 72.9 Å². The van der Waals surface area contributed by atoms with Gasteiger partial charge in [0.15, 0.2) is 6.10 Å². The minimum absolute atomic E-state index is 0.0735. The van der Waals surface area contributed by atoms with Crippen LogP contribution in [0.25, 0.3) is 0 Å². The second kappa shape index (κ2) is 40.8. The van der Waals surface area contributed by atoms with Gasteiger partial charge in [-0.15, -0.1) is 0 Å². The van der Waals surface area contributed by atoms with Crippen LogP contribution in [0.5, 0.6) is 0 Å². The molecule has 0 bridgehead atoms. The number of esters is 2. The highest BCUT2D eigenvalue weighted by molar-refractivity contribution is 5.70. The third-order valence-electron chi connectivity index (χ3n) is 8.51. The Kier molecular flexibility index (Phi) is 38.6. The zero-order valence-corrected chi connectivity index (χ0v) is 32.4. The van der Waals surface area contributed by atoms with Crippen molar-refractivity contribution in [2.24, 2.45) is 0 Å². The number of aliphatic hydroxyl groups is 1. The summed E-state index contributed by atoms with van der Waals surface area (Å²) >= 11 is 0. The first-order valence-corrected chi connectivity index (χ1v) is 20.5. The van der Waals surface area contributed by atoms with Crippen molar-refractivity contribution in [3.63, 3.8) is 0 Å². The SMILES string of the molecule is CC/C=C\C/C=C\C/C=C\C/C=C\C/C=C\C/C=C\CCCCCCCCC(=O)OC(CO)COC(=O)CCCCCCCCCCCCC. The second-order valence-corrected chi connectivity index (χ2v) is 13.3. The molecule has 0 heterocycles. The number of rotatable bonds is 36. The molecular weight excluding hydrogens is 620 g/mol. The Morgan fingerprint density at radius 3 is 1.30 bits per heavy atom. The number of carbonyl (C=O) groups excluding carboxylic acids is 2. The lowest BCUT2D eigenvalue weighted by Gasteiger charge is -2.15. The Morgan fingerprint density at radius 2 is 0.860 bits per heavy atom. The minimum atomic E-state index is -0.780. The summed E-state index contributed by atoms with van der Waals surface area (Å²) < 4.78 is 10.6. The minimum Gasteiger partial charge on any atom is -0.462 e. The lowest BCUT2D eigenvalue weighted by atomic mass is 10.1. The molecule has 0 aliphatic rings. The van der Waals surface area contributed by atoms with E-state index in [1.807, 2.05) is 0 Å². The topological polar surface area (TPSA) is 72.8 Å². The van der Waals surface area contributed by atoms with Crippen molar-refractivity contribution >= 4 is 11.9 Å². The number of unbranched alkanes of at least 4 members (excludes halogenated alkanes) is 16. The molecule has 0 aromatic rings.